The van der Waals surface area contributed by atoms with Gasteiger partial charge in [0.05, 0.1) is 11.0 Å². The first-order chi connectivity index (χ1) is 16.9. The number of fused-ring (bicyclic) bond motifs is 1. The van der Waals surface area contributed by atoms with E-state index in [9.17, 15) is 0 Å². The monoisotopic (exact) mass is 477 g/mol. The van der Waals surface area contributed by atoms with Gasteiger partial charge in [0.2, 0.25) is 0 Å². The van der Waals surface area contributed by atoms with E-state index in [0.717, 1.165) is 73.4 Å². The number of hydrogen-bond acceptors (Lipinski definition) is 9. The summed E-state index contributed by atoms with van der Waals surface area (Å²) in [6.45, 7) is 10.6. The molecule has 0 amide bonds. The number of likely N-dealkylation sites (N-methyl/N-ethyl adjacent to an activating group) is 1. The van der Waals surface area contributed by atoms with Crippen LogP contribution in [0.5, 0.6) is 0 Å². The molecule has 9 heteroatoms. The van der Waals surface area contributed by atoms with Crippen LogP contribution in [0, 0.1) is 11.3 Å². The average molecular weight is 478 g/mol. The van der Waals surface area contributed by atoms with Crippen LogP contribution in [-0.4, -0.2) is 72.3 Å². The van der Waals surface area contributed by atoms with Crippen LogP contribution < -0.4 is 22.1 Å². The number of pyridine rings is 2. The molecule has 0 spiro atoms. The average Bonchev–Trinajstić information content (AvgIpc) is 2.85. The quantitative estimate of drug-likeness (QED) is 0.189. The second-order valence-corrected chi connectivity index (χ2v) is 9.20. The molecule has 2 aromatic heterocycles. The Balaban J connectivity index is 1.63. The summed E-state index contributed by atoms with van der Waals surface area (Å²) < 4.78 is 0. The van der Waals surface area contributed by atoms with Crippen LogP contribution in [0.3, 0.4) is 0 Å². The number of nitrogens with one attached hydrogen (secondary N) is 3. The summed E-state index contributed by atoms with van der Waals surface area (Å²) in [7, 11) is 2.17. The van der Waals surface area contributed by atoms with Gasteiger partial charge in [0.1, 0.15) is 11.6 Å². The summed E-state index contributed by atoms with van der Waals surface area (Å²) >= 11 is 0. The molecule has 0 radical (unpaired) electrons. The van der Waals surface area contributed by atoms with Gasteiger partial charge in [-0.25, -0.2) is 4.98 Å². The Bertz CT molecular complexity index is 1080. The molecule has 188 valence electrons. The molecule has 0 aliphatic carbocycles. The van der Waals surface area contributed by atoms with Crippen LogP contribution in [0.4, 0.5) is 5.82 Å². The highest BCUT2D eigenvalue weighted by Gasteiger charge is 2.12. The maximum atomic E-state index is 7.87. The number of aromatic nitrogens is 2. The molecule has 0 unspecified atom stereocenters. The number of anilines is 1. The van der Waals surface area contributed by atoms with Crippen molar-refractivity contribution in [1.29, 1.82) is 5.41 Å². The molecule has 2 aromatic rings. The second kappa shape index (κ2) is 12.9. The molecule has 0 bridgehead atoms. The van der Waals surface area contributed by atoms with Gasteiger partial charge >= 0.3 is 0 Å². The van der Waals surface area contributed by atoms with Gasteiger partial charge in [-0.1, -0.05) is 13.8 Å². The minimum atomic E-state index is 0.267. The molecule has 0 atom stereocenters. The van der Waals surface area contributed by atoms with Crippen molar-refractivity contribution >= 4 is 28.6 Å². The van der Waals surface area contributed by atoms with E-state index in [4.69, 9.17) is 16.9 Å². The van der Waals surface area contributed by atoms with E-state index in [1.807, 2.05) is 30.5 Å². The van der Waals surface area contributed by atoms with Crippen molar-refractivity contribution in [3.63, 3.8) is 0 Å². The molecule has 0 aromatic carbocycles. The lowest BCUT2D eigenvalue weighted by Gasteiger charge is -2.32. The van der Waals surface area contributed by atoms with E-state index in [2.05, 4.69) is 51.3 Å². The number of hydrogen-bond donors (Lipinski definition) is 5. The Morgan fingerprint density at radius 3 is 2.66 bits per heavy atom. The van der Waals surface area contributed by atoms with E-state index < -0.39 is 0 Å². The Kier molecular flexibility index (Phi) is 9.63. The molecule has 3 heterocycles. The topological polar surface area (TPSA) is 132 Å². The molecule has 9 nitrogen and oxygen atoms in total. The first-order valence-electron chi connectivity index (χ1n) is 12.2. The van der Waals surface area contributed by atoms with Gasteiger partial charge in [-0.05, 0) is 62.0 Å². The van der Waals surface area contributed by atoms with Gasteiger partial charge in [-0.3, -0.25) is 4.98 Å². The largest absolute Gasteiger partial charge is 0.404 e. The van der Waals surface area contributed by atoms with Gasteiger partial charge in [-0.15, -0.1) is 0 Å². The van der Waals surface area contributed by atoms with Crippen molar-refractivity contribution in [1.82, 2.24) is 25.1 Å². The SMILES string of the molecule is CC(C)C(=C/N)/C=C(\N)Nc1ccc2ncc(/C(C=N)=C/NCCCN3CCN(C)CC3)cc2n1. The Morgan fingerprint density at radius 2 is 1.97 bits per heavy atom. The molecule has 1 aliphatic heterocycles. The third kappa shape index (κ3) is 7.80. The smallest absolute Gasteiger partial charge is 0.132 e. The third-order valence-electron chi connectivity index (χ3n) is 6.13. The molecule has 3 rings (SSSR count). The summed E-state index contributed by atoms with van der Waals surface area (Å²) in [5, 5.41) is 14.3. The van der Waals surface area contributed by atoms with E-state index in [-0.39, 0.29) is 5.92 Å². The zero-order chi connectivity index (χ0) is 25.2. The standard InChI is InChI=1S/C26H39N9/c1-19(2)20(15-27)14-25(29)33-26-6-5-23-24(32-26)13-21(18-31-23)22(16-28)17-30-7-4-8-35-11-9-34(3)10-12-35/h5-6,13-19,28,30H,4,7-12,27,29H2,1-3H3,(H,32,33)/b20-15+,22-17+,25-14+,28-16?. The molecular formula is C26H39N9. The maximum absolute atomic E-state index is 7.87. The highest BCUT2D eigenvalue weighted by molar-refractivity contribution is 6.08. The fourth-order valence-corrected chi connectivity index (χ4v) is 3.87. The van der Waals surface area contributed by atoms with Crippen LogP contribution in [0.1, 0.15) is 25.8 Å². The minimum Gasteiger partial charge on any atom is -0.404 e. The fraction of sp³-hybridized carbons (Fsp3) is 0.423. The minimum absolute atomic E-state index is 0.267. The van der Waals surface area contributed by atoms with E-state index in [0.29, 0.717) is 11.6 Å². The lowest BCUT2D eigenvalue weighted by molar-refractivity contribution is 0.153. The van der Waals surface area contributed by atoms with Gasteiger partial charge in [-0.2, -0.15) is 0 Å². The first kappa shape index (κ1) is 26.2. The Labute approximate surface area is 208 Å². The van der Waals surface area contributed by atoms with Crippen molar-refractivity contribution < 1.29 is 0 Å². The highest BCUT2D eigenvalue weighted by atomic mass is 15.2. The lowest BCUT2D eigenvalue weighted by Crippen LogP contribution is -2.45. The summed E-state index contributed by atoms with van der Waals surface area (Å²) in [6, 6.07) is 5.68. The van der Waals surface area contributed by atoms with E-state index >= 15 is 0 Å². The van der Waals surface area contributed by atoms with Crippen LogP contribution in [0.2, 0.25) is 0 Å². The van der Waals surface area contributed by atoms with Crippen molar-refractivity contribution in [2.75, 3.05) is 51.6 Å². The normalized spacial score (nSPS) is 16.6. The Hall–Kier alpha value is -3.43. The lowest BCUT2D eigenvalue weighted by atomic mass is 10.0. The molecular weight excluding hydrogens is 438 g/mol. The van der Waals surface area contributed by atoms with Gasteiger partial charge in [0.15, 0.2) is 0 Å². The zero-order valence-electron chi connectivity index (χ0n) is 21.1. The molecule has 1 aliphatic rings. The second-order valence-electron chi connectivity index (χ2n) is 9.20. The number of nitrogens with zero attached hydrogens (tertiary/aromatic N) is 4. The van der Waals surface area contributed by atoms with Gasteiger partial charge in [0.25, 0.3) is 0 Å². The van der Waals surface area contributed by atoms with Crippen LogP contribution >= 0.6 is 0 Å². The Morgan fingerprint density at radius 1 is 1.20 bits per heavy atom. The predicted octanol–water partition coefficient (Wildman–Crippen LogP) is 2.56. The maximum Gasteiger partial charge on any atom is 0.132 e. The number of piperazine rings is 1. The van der Waals surface area contributed by atoms with Crippen LogP contribution in [-0.2, 0) is 0 Å². The third-order valence-corrected chi connectivity index (χ3v) is 6.13. The number of rotatable bonds is 11. The molecule has 1 fully saturated rings. The van der Waals surface area contributed by atoms with Gasteiger partial charge in [0, 0.05) is 62.5 Å². The fourth-order valence-electron chi connectivity index (χ4n) is 3.87. The van der Waals surface area contributed by atoms with Crippen LogP contribution in [0.15, 0.2) is 54.3 Å². The van der Waals surface area contributed by atoms with Crippen LogP contribution in [0.25, 0.3) is 16.6 Å². The number of allylic oxidation sites excluding steroid dienone is 3. The first-order valence-corrected chi connectivity index (χ1v) is 12.2. The number of nitrogens with two attached hydrogens (primary N) is 2. The van der Waals surface area contributed by atoms with Crippen molar-refractivity contribution in [2.24, 2.45) is 17.4 Å². The molecule has 1 saturated heterocycles. The molecule has 0 saturated carbocycles. The van der Waals surface area contributed by atoms with Gasteiger partial charge < -0.3 is 37.3 Å². The summed E-state index contributed by atoms with van der Waals surface area (Å²) in [5.41, 5.74) is 15.9. The molecule has 7 N–H and O–H groups in total. The molecule has 35 heavy (non-hydrogen) atoms. The summed E-state index contributed by atoms with van der Waals surface area (Å²) in [6.07, 6.45) is 9.44. The highest BCUT2D eigenvalue weighted by Crippen LogP contribution is 2.19. The zero-order valence-corrected chi connectivity index (χ0v) is 21.1. The van der Waals surface area contributed by atoms with Crippen molar-refractivity contribution in [3.8, 4) is 0 Å². The van der Waals surface area contributed by atoms with E-state index in [1.54, 1.807) is 12.4 Å². The van der Waals surface area contributed by atoms with Crippen molar-refractivity contribution in [2.45, 2.75) is 20.3 Å². The van der Waals surface area contributed by atoms with Crippen molar-refractivity contribution in [3.05, 3.63) is 59.8 Å². The summed E-state index contributed by atoms with van der Waals surface area (Å²) in [4.78, 5) is 14.1. The van der Waals surface area contributed by atoms with E-state index in [1.165, 1.54) is 6.21 Å². The predicted molar refractivity (Wildman–Crippen MR) is 146 cm³/mol. The summed E-state index contributed by atoms with van der Waals surface area (Å²) in [5.74, 6) is 1.35.